The third-order valence-corrected chi connectivity index (χ3v) is 4.66. The van der Waals surface area contributed by atoms with Crippen LogP contribution in [0.3, 0.4) is 0 Å². The average molecular weight is 420 g/mol. The van der Waals surface area contributed by atoms with Crippen LogP contribution in [-0.4, -0.2) is 39.8 Å². The zero-order valence-electron chi connectivity index (χ0n) is 16.1. The van der Waals surface area contributed by atoms with Gasteiger partial charge >= 0.3 is 0 Å². The Kier molecular flexibility index (Phi) is 6.53. The fraction of sp³-hybridized carbons (Fsp3) is 0.450. The second-order valence-electron chi connectivity index (χ2n) is 7.39. The van der Waals surface area contributed by atoms with Gasteiger partial charge in [0.2, 0.25) is 23.5 Å². The fourth-order valence-electron chi connectivity index (χ4n) is 2.93. The predicted molar refractivity (Wildman–Crippen MR) is 101 cm³/mol. The number of rotatable bonds is 11. The maximum absolute atomic E-state index is 14.2. The molecule has 160 valence electrons. The first-order valence-electron chi connectivity index (χ1n) is 9.60. The summed E-state index contributed by atoms with van der Waals surface area (Å²) >= 11 is 0. The second kappa shape index (κ2) is 9.10. The van der Waals surface area contributed by atoms with Gasteiger partial charge < -0.3 is 15.5 Å². The van der Waals surface area contributed by atoms with Gasteiger partial charge in [-0.1, -0.05) is 30.3 Å². The van der Waals surface area contributed by atoms with Gasteiger partial charge in [0.25, 0.3) is 11.8 Å². The normalized spacial score (nSPS) is 14.9. The minimum Gasteiger partial charge on any atom is -0.418 e. The zero-order chi connectivity index (χ0) is 21.7. The molecule has 1 fully saturated rings. The SMILES string of the molecule is NC(=O)CC(NC(=O)CCC(F)(F)Cc1ccccc1)C(=O)c1nnc(C2CC2)o1. The van der Waals surface area contributed by atoms with Crippen LogP contribution in [0.2, 0.25) is 0 Å². The molecule has 1 aromatic carbocycles. The molecule has 0 radical (unpaired) electrons. The summed E-state index contributed by atoms with van der Waals surface area (Å²) in [6.07, 6.45) is -0.483. The first-order chi connectivity index (χ1) is 14.2. The fourth-order valence-corrected chi connectivity index (χ4v) is 2.93. The van der Waals surface area contributed by atoms with Crippen LogP contribution in [0.5, 0.6) is 0 Å². The smallest absolute Gasteiger partial charge is 0.286 e. The monoisotopic (exact) mass is 420 g/mol. The molecule has 0 saturated heterocycles. The maximum Gasteiger partial charge on any atom is 0.286 e. The molecule has 1 aromatic heterocycles. The van der Waals surface area contributed by atoms with Crippen LogP contribution in [0, 0.1) is 0 Å². The van der Waals surface area contributed by atoms with E-state index in [0.717, 1.165) is 12.8 Å². The highest BCUT2D eigenvalue weighted by Crippen LogP contribution is 2.39. The summed E-state index contributed by atoms with van der Waals surface area (Å²) in [6, 6.07) is 6.84. The number of carbonyl (C=O) groups is 3. The van der Waals surface area contributed by atoms with E-state index in [0.29, 0.717) is 11.5 Å². The van der Waals surface area contributed by atoms with Crippen molar-refractivity contribution in [3.05, 3.63) is 47.7 Å². The molecule has 1 heterocycles. The number of hydrogen-bond donors (Lipinski definition) is 2. The van der Waals surface area contributed by atoms with E-state index in [1.807, 2.05) is 0 Å². The van der Waals surface area contributed by atoms with Crippen molar-refractivity contribution in [2.45, 2.75) is 56.4 Å². The Morgan fingerprint density at radius 2 is 1.90 bits per heavy atom. The molecular weight excluding hydrogens is 398 g/mol. The molecule has 1 saturated carbocycles. The molecule has 3 N–H and O–H groups in total. The van der Waals surface area contributed by atoms with E-state index in [2.05, 4.69) is 15.5 Å². The number of primary amides is 1. The summed E-state index contributed by atoms with van der Waals surface area (Å²) in [6.45, 7) is 0. The average Bonchev–Trinajstić information content (AvgIpc) is 3.42. The van der Waals surface area contributed by atoms with Gasteiger partial charge in [-0.15, -0.1) is 10.2 Å². The molecule has 2 amide bonds. The number of carbonyl (C=O) groups excluding carboxylic acids is 3. The Hall–Kier alpha value is -3.17. The predicted octanol–water partition coefficient (Wildman–Crippen LogP) is 2.15. The molecule has 0 spiro atoms. The lowest BCUT2D eigenvalue weighted by atomic mass is 10.0. The lowest BCUT2D eigenvalue weighted by Crippen LogP contribution is -2.44. The molecule has 10 heteroatoms. The van der Waals surface area contributed by atoms with Gasteiger partial charge in [-0.2, -0.15) is 0 Å². The van der Waals surface area contributed by atoms with Gasteiger partial charge in [0.1, 0.15) is 6.04 Å². The van der Waals surface area contributed by atoms with Crippen LogP contribution in [0.4, 0.5) is 8.78 Å². The summed E-state index contributed by atoms with van der Waals surface area (Å²) in [7, 11) is 0. The Morgan fingerprint density at radius 3 is 2.53 bits per heavy atom. The Labute approximate surface area is 171 Å². The summed E-state index contributed by atoms with van der Waals surface area (Å²) in [5.74, 6) is -5.43. The van der Waals surface area contributed by atoms with E-state index >= 15 is 0 Å². The minimum absolute atomic E-state index is 0.120. The van der Waals surface area contributed by atoms with Crippen LogP contribution in [0.1, 0.15) is 60.2 Å². The van der Waals surface area contributed by atoms with Crippen molar-refractivity contribution in [3.8, 4) is 0 Å². The summed E-state index contributed by atoms with van der Waals surface area (Å²) in [5.41, 5.74) is 5.60. The molecule has 0 aliphatic heterocycles. The van der Waals surface area contributed by atoms with Crippen molar-refractivity contribution in [1.29, 1.82) is 0 Å². The molecule has 3 rings (SSSR count). The van der Waals surface area contributed by atoms with E-state index in [1.54, 1.807) is 30.3 Å². The number of alkyl halides is 2. The molecule has 1 unspecified atom stereocenters. The van der Waals surface area contributed by atoms with E-state index in [9.17, 15) is 23.2 Å². The lowest BCUT2D eigenvalue weighted by molar-refractivity contribution is -0.124. The van der Waals surface area contributed by atoms with Crippen molar-refractivity contribution < 1.29 is 27.6 Å². The standard InChI is InChI=1S/C20H22F2N4O4/c21-20(22,11-12-4-2-1-3-5-12)9-8-16(28)24-14(10-15(23)27)17(29)19-26-25-18(30-19)13-6-7-13/h1-5,13-14H,6-11H2,(H2,23,27)(H,24,28). The molecule has 1 atom stereocenters. The highest BCUT2D eigenvalue weighted by atomic mass is 19.3. The summed E-state index contributed by atoms with van der Waals surface area (Å²) < 4.78 is 33.6. The van der Waals surface area contributed by atoms with E-state index in [1.165, 1.54) is 0 Å². The van der Waals surface area contributed by atoms with E-state index in [4.69, 9.17) is 10.2 Å². The number of nitrogens with one attached hydrogen (secondary N) is 1. The summed E-state index contributed by atoms with van der Waals surface area (Å²) in [4.78, 5) is 36.0. The zero-order valence-corrected chi connectivity index (χ0v) is 16.1. The Morgan fingerprint density at radius 1 is 1.20 bits per heavy atom. The highest BCUT2D eigenvalue weighted by molar-refractivity contribution is 6.00. The second-order valence-corrected chi connectivity index (χ2v) is 7.39. The van der Waals surface area contributed by atoms with E-state index in [-0.39, 0.29) is 11.8 Å². The summed E-state index contributed by atoms with van der Waals surface area (Å²) in [5, 5.41) is 9.72. The van der Waals surface area contributed by atoms with Gasteiger partial charge in [0.05, 0.1) is 6.42 Å². The number of halogens is 2. The number of nitrogens with two attached hydrogens (primary N) is 1. The lowest BCUT2D eigenvalue weighted by Gasteiger charge is -2.18. The van der Waals surface area contributed by atoms with Crippen LogP contribution < -0.4 is 11.1 Å². The minimum atomic E-state index is -3.10. The Balaban J connectivity index is 1.57. The molecule has 0 bridgehead atoms. The maximum atomic E-state index is 14.2. The van der Waals surface area contributed by atoms with Crippen molar-refractivity contribution >= 4 is 17.6 Å². The van der Waals surface area contributed by atoms with Crippen molar-refractivity contribution in [1.82, 2.24) is 15.5 Å². The van der Waals surface area contributed by atoms with Crippen molar-refractivity contribution in [2.24, 2.45) is 5.73 Å². The third-order valence-electron chi connectivity index (χ3n) is 4.66. The van der Waals surface area contributed by atoms with Crippen molar-refractivity contribution in [3.63, 3.8) is 0 Å². The first kappa shape index (κ1) is 21.5. The van der Waals surface area contributed by atoms with Crippen LogP contribution in [0.25, 0.3) is 0 Å². The number of benzene rings is 1. The molecule has 30 heavy (non-hydrogen) atoms. The van der Waals surface area contributed by atoms with Crippen LogP contribution in [0.15, 0.2) is 34.7 Å². The number of nitrogens with zero attached hydrogens (tertiary/aromatic N) is 2. The molecule has 1 aliphatic rings. The largest absolute Gasteiger partial charge is 0.418 e. The molecular formula is C20H22F2N4O4. The van der Waals surface area contributed by atoms with Gasteiger partial charge in [-0.05, 0) is 18.4 Å². The van der Waals surface area contributed by atoms with E-state index < -0.39 is 55.2 Å². The third kappa shape index (κ3) is 6.16. The van der Waals surface area contributed by atoms with Crippen molar-refractivity contribution in [2.75, 3.05) is 0 Å². The number of hydrogen-bond acceptors (Lipinski definition) is 6. The molecule has 1 aliphatic carbocycles. The highest BCUT2D eigenvalue weighted by Gasteiger charge is 2.34. The molecule has 8 nitrogen and oxygen atoms in total. The first-order valence-corrected chi connectivity index (χ1v) is 9.60. The van der Waals surface area contributed by atoms with Crippen LogP contribution in [-0.2, 0) is 16.0 Å². The van der Waals surface area contributed by atoms with Gasteiger partial charge in [0.15, 0.2) is 0 Å². The Bertz CT molecular complexity index is 913. The number of Topliss-reactive ketones (excluding diaryl/α,β-unsaturated/α-hetero) is 1. The number of aromatic nitrogens is 2. The quantitative estimate of drug-likeness (QED) is 0.536. The molecule has 2 aromatic rings. The number of ketones is 1. The van der Waals surface area contributed by atoms with Crippen LogP contribution >= 0.6 is 0 Å². The van der Waals surface area contributed by atoms with Gasteiger partial charge in [-0.3, -0.25) is 14.4 Å². The topological polar surface area (TPSA) is 128 Å². The van der Waals surface area contributed by atoms with Gasteiger partial charge in [-0.25, -0.2) is 8.78 Å². The van der Waals surface area contributed by atoms with Gasteiger partial charge in [0, 0.05) is 25.2 Å². The number of amides is 2.